The molecule has 0 spiro atoms. The van der Waals surface area contributed by atoms with Gasteiger partial charge in [0.1, 0.15) is 11.6 Å². The van der Waals surface area contributed by atoms with E-state index in [4.69, 9.17) is 0 Å². The molecule has 1 aromatic carbocycles. The zero-order valence-electron chi connectivity index (χ0n) is 8.36. The van der Waals surface area contributed by atoms with Crippen LogP contribution in [0.15, 0.2) is 16.6 Å². The van der Waals surface area contributed by atoms with Gasteiger partial charge in [-0.2, -0.15) is 0 Å². The molecule has 4 heteroatoms. The first kappa shape index (κ1) is 11.0. The smallest absolute Gasteiger partial charge is 0.144 e. The van der Waals surface area contributed by atoms with Gasteiger partial charge >= 0.3 is 0 Å². The fraction of sp³-hybridized carbons (Fsp3) is 0.455. The Hall–Kier alpha value is -0.480. The zero-order chi connectivity index (χ0) is 11.0. The van der Waals surface area contributed by atoms with E-state index in [2.05, 4.69) is 28.2 Å². The van der Waals surface area contributed by atoms with Crippen molar-refractivity contribution < 1.29 is 8.78 Å². The monoisotopic (exact) mass is 275 g/mol. The molecular formula is C11H12BrF2N. The third kappa shape index (κ3) is 2.37. The highest BCUT2D eigenvalue weighted by Crippen LogP contribution is 2.30. The molecule has 0 bridgehead atoms. The van der Waals surface area contributed by atoms with Gasteiger partial charge < -0.3 is 5.32 Å². The quantitative estimate of drug-likeness (QED) is 0.836. The molecule has 0 aromatic heterocycles. The van der Waals surface area contributed by atoms with Gasteiger partial charge in [0.05, 0.1) is 4.47 Å². The summed E-state index contributed by atoms with van der Waals surface area (Å²) in [5, 5.41) is 3.13. The average Bonchev–Trinajstić information content (AvgIpc) is 2.89. The summed E-state index contributed by atoms with van der Waals surface area (Å²) < 4.78 is 27.1. The van der Waals surface area contributed by atoms with Crippen LogP contribution >= 0.6 is 15.9 Å². The minimum atomic E-state index is -0.504. The van der Waals surface area contributed by atoms with E-state index < -0.39 is 11.6 Å². The maximum Gasteiger partial charge on any atom is 0.144 e. The first-order chi connectivity index (χ1) is 7.09. The zero-order valence-corrected chi connectivity index (χ0v) is 9.94. The van der Waals surface area contributed by atoms with Crippen LogP contribution in [0, 0.1) is 17.6 Å². The van der Waals surface area contributed by atoms with Gasteiger partial charge in [-0.05, 0) is 40.4 Å². The molecular weight excluding hydrogens is 264 g/mol. The summed E-state index contributed by atoms with van der Waals surface area (Å²) in [7, 11) is 0. The fourth-order valence-electron chi connectivity index (χ4n) is 1.57. The molecule has 0 aliphatic heterocycles. The molecule has 1 aliphatic carbocycles. The van der Waals surface area contributed by atoms with Gasteiger partial charge in [-0.3, -0.25) is 0 Å². The normalized spacial score (nSPS) is 24.3. The summed E-state index contributed by atoms with van der Waals surface area (Å²) >= 11 is 3.05. The largest absolute Gasteiger partial charge is 0.309 e. The lowest BCUT2D eigenvalue weighted by atomic mass is 10.2. The Kier molecular flexibility index (Phi) is 3.07. The predicted molar refractivity (Wildman–Crippen MR) is 58.5 cm³/mol. The maximum absolute atomic E-state index is 13.5. The SMILES string of the molecule is CC1CC1NCc1c(F)ccc(Br)c1F. The second-order valence-electron chi connectivity index (χ2n) is 4.02. The van der Waals surface area contributed by atoms with Crippen molar-refractivity contribution in [2.45, 2.75) is 25.9 Å². The number of rotatable bonds is 3. The van der Waals surface area contributed by atoms with Crippen molar-refractivity contribution >= 4 is 15.9 Å². The van der Waals surface area contributed by atoms with Crippen LogP contribution in [0.25, 0.3) is 0 Å². The molecule has 0 radical (unpaired) electrons. The van der Waals surface area contributed by atoms with E-state index in [-0.39, 0.29) is 12.1 Å². The van der Waals surface area contributed by atoms with E-state index in [1.165, 1.54) is 12.1 Å². The van der Waals surface area contributed by atoms with E-state index in [1.807, 2.05) is 0 Å². The highest BCUT2D eigenvalue weighted by Gasteiger charge is 2.32. The summed E-state index contributed by atoms with van der Waals surface area (Å²) in [4.78, 5) is 0. The standard InChI is InChI=1S/C11H12BrF2N/c1-6-4-10(6)15-5-7-9(13)3-2-8(12)11(7)14/h2-3,6,10,15H,4-5H2,1H3. The highest BCUT2D eigenvalue weighted by molar-refractivity contribution is 9.10. The first-order valence-electron chi connectivity index (χ1n) is 4.95. The molecule has 2 rings (SSSR count). The second-order valence-corrected chi connectivity index (χ2v) is 4.88. The molecule has 82 valence electrons. The lowest BCUT2D eigenvalue weighted by molar-refractivity contribution is 0.527. The Labute approximate surface area is 96.0 Å². The number of benzene rings is 1. The van der Waals surface area contributed by atoms with Gasteiger partial charge in [0, 0.05) is 18.2 Å². The second kappa shape index (κ2) is 4.18. The maximum atomic E-state index is 13.5. The van der Waals surface area contributed by atoms with E-state index in [0.717, 1.165) is 6.42 Å². The molecule has 1 aliphatic rings. The van der Waals surface area contributed by atoms with Gasteiger partial charge in [0.15, 0.2) is 0 Å². The molecule has 0 heterocycles. The summed E-state index contributed by atoms with van der Waals surface area (Å²) in [5.74, 6) is -0.365. The topological polar surface area (TPSA) is 12.0 Å². The third-order valence-electron chi connectivity index (χ3n) is 2.79. The van der Waals surface area contributed by atoms with Crippen LogP contribution in [0.4, 0.5) is 8.78 Å². The fourth-order valence-corrected chi connectivity index (χ4v) is 1.94. The van der Waals surface area contributed by atoms with Gasteiger partial charge in [0.2, 0.25) is 0 Å². The van der Waals surface area contributed by atoms with Crippen molar-refractivity contribution in [2.75, 3.05) is 0 Å². The predicted octanol–water partition coefficient (Wildman–Crippen LogP) is 3.23. The van der Waals surface area contributed by atoms with Crippen LogP contribution in [0.1, 0.15) is 18.9 Å². The average molecular weight is 276 g/mol. The Bertz CT molecular complexity index is 381. The summed E-state index contributed by atoms with van der Waals surface area (Å²) in [6.45, 7) is 2.37. The summed E-state index contributed by atoms with van der Waals surface area (Å²) in [5.41, 5.74) is 0.114. The number of halogens is 3. The van der Waals surface area contributed by atoms with E-state index >= 15 is 0 Å². The minimum Gasteiger partial charge on any atom is -0.309 e. The molecule has 1 aromatic rings. The van der Waals surface area contributed by atoms with Crippen molar-refractivity contribution in [1.82, 2.24) is 5.32 Å². The molecule has 0 saturated heterocycles. The number of hydrogen-bond acceptors (Lipinski definition) is 1. The van der Waals surface area contributed by atoms with Crippen molar-refractivity contribution in [3.8, 4) is 0 Å². The number of nitrogens with one attached hydrogen (secondary N) is 1. The van der Waals surface area contributed by atoms with Crippen molar-refractivity contribution in [3.05, 3.63) is 33.8 Å². The van der Waals surface area contributed by atoms with Crippen molar-refractivity contribution in [2.24, 2.45) is 5.92 Å². The van der Waals surface area contributed by atoms with Crippen LogP contribution in [-0.2, 0) is 6.54 Å². The molecule has 1 fully saturated rings. The Balaban J connectivity index is 2.09. The van der Waals surface area contributed by atoms with Crippen LogP contribution in [0.5, 0.6) is 0 Å². The molecule has 2 atom stereocenters. The molecule has 1 saturated carbocycles. The van der Waals surface area contributed by atoms with Crippen LogP contribution in [0.2, 0.25) is 0 Å². The number of hydrogen-bond donors (Lipinski definition) is 1. The Morgan fingerprint density at radius 1 is 1.47 bits per heavy atom. The van der Waals surface area contributed by atoms with Gasteiger partial charge in [0.25, 0.3) is 0 Å². The molecule has 1 N–H and O–H groups in total. The molecule has 15 heavy (non-hydrogen) atoms. The van der Waals surface area contributed by atoms with Crippen LogP contribution < -0.4 is 5.32 Å². The van der Waals surface area contributed by atoms with Gasteiger partial charge in [-0.1, -0.05) is 6.92 Å². The molecule has 1 nitrogen and oxygen atoms in total. The highest BCUT2D eigenvalue weighted by atomic mass is 79.9. The lowest BCUT2D eigenvalue weighted by Crippen LogP contribution is -2.19. The summed E-state index contributed by atoms with van der Waals surface area (Å²) in [6, 6.07) is 3.08. The van der Waals surface area contributed by atoms with E-state index in [0.29, 0.717) is 16.4 Å². The Morgan fingerprint density at radius 3 is 2.73 bits per heavy atom. The van der Waals surface area contributed by atoms with Crippen molar-refractivity contribution in [1.29, 1.82) is 0 Å². The minimum absolute atomic E-state index is 0.114. The van der Waals surface area contributed by atoms with Gasteiger partial charge in [-0.15, -0.1) is 0 Å². The van der Waals surface area contributed by atoms with Crippen LogP contribution in [-0.4, -0.2) is 6.04 Å². The first-order valence-corrected chi connectivity index (χ1v) is 5.74. The molecule has 2 unspecified atom stereocenters. The lowest BCUT2D eigenvalue weighted by Gasteiger charge is -2.07. The third-order valence-corrected chi connectivity index (χ3v) is 3.40. The Morgan fingerprint density at radius 2 is 2.13 bits per heavy atom. The van der Waals surface area contributed by atoms with Crippen molar-refractivity contribution in [3.63, 3.8) is 0 Å². The summed E-state index contributed by atoms with van der Waals surface area (Å²) in [6.07, 6.45) is 1.09. The van der Waals surface area contributed by atoms with E-state index in [9.17, 15) is 8.78 Å². The molecule has 0 amide bonds. The van der Waals surface area contributed by atoms with Gasteiger partial charge in [-0.25, -0.2) is 8.78 Å². The van der Waals surface area contributed by atoms with Crippen LogP contribution in [0.3, 0.4) is 0 Å². The van der Waals surface area contributed by atoms with E-state index in [1.54, 1.807) is 0 Å².